The third-order valence-electron chi connectivity index (χ3n) is 3.82. The van der Waals surface area contributed by atoms with E-state index in [0.29, 0.717) is 23.4 Å². The molecule has 1 aliphatic heterocycles. The van der Waals surface area contributed by atoms with Gasteiger partial charge in [-0.1, -0.05) is 27.7 Å². The highest BCUT2D eigenvalue weighted by atomic mass is 16.5. The van der Waals surface area contributed by atoms with Crippen molar-refractivity contribution in [3.05, 3.63) is 0 Å². The minimum Gasteiger partial charge on any atom is -0.378 e. The van der Waals surface area contributed by atoms with E-state index >= 15 is 0 Å². The standard InChI is InChI=1S/C15H32N2O/c1-5-14-13(6-7-18-14)11-17-10-12(9-16)8-15(2,3)4/h12-14,17H,5-11,16H2,1-4H3. The van der Waals surface area contributed by atoms with Gasteiger partial charge < -0.3 is 15.8 Å². The summed E-state index contributed by atoms with van der Waals surface area (Å²) in [6.07, 6.45) is 4.00. The zero-order valence-electron chi connectivity index (χ0n) is 12.7. The van der Waals surface area contributed by atoms with Crippen molar-refractivity contribution in [1.29, 1.82) is 0 Å². The molecule has 1 fully saturated rings. The molecule has 18 heavy (non-hydrogen) atoms. The van der Waals surface area contributed by atoms with Gasteiger partial charge >= 0.3 is 0 Å². The van der Waals surface area contributed by atoms with Crippen molar-refractivity contribution in [2.24, 2.45) is 23.0 Å². The van der Waals surface area contributed by atoms with Gasteiger partial charge in [0.2, 0.25) is 0 Å². The van der Waals surface area contributed by atoms with Gasteiger partial charge in [-0.25, -0.2) is 0 Å². The van der Waals surface area contributed by atoms with E-state index in [1.807, 2.05) is 0 Å². The van der Waals surface area contributed by atoms with Crippen LogP contribution in [-0.4, -0.2) is 32.3 Å². The molecule has 0 amide bonds. The van der Waals surface area contributed by atoms with Crippen LogP contribution in [0.1, 0.15) is 47.0 Å². The smallest absolute Gasteiger partial charge is 0.0613 e. The van der Waals surface area contributed by atoms with Gasteiger partial charge in [0.25, 0.3) is 0 Å². The molecule has 1 saturated heterocycles. The van der Waals surface area contributed by atoms with Crippen LogP contribution in [0.5, 0.6) is 0 Å². The Hall–Kier alpha value is -0.120. The molecule has 0 aliphatic carbocycles. The lowest BCUT2D eigenvalue weighted by molar-refractivity contribution is 0.0869. The van der Waals surface area contributed by atoms with E-state index < -0.39 is 0 Å². The van der Waals surface area contributed by atoms with Gasteiger partial charge in [0.05, 0.1) is 6.10 Å². The Balaban J connectivity index is 2.22. The lowest BCUT2D eigenvalue weighted by Gasteiger charge is -2.26. The Morgan fingerprint density at radius 2 is 2.11 bits per heavy atom. The summed E-state index contributed by atoms with van der Waals surface area (Å²) in [7, 11) is 0. The Labute approximate surface area is 113 Å². The van der Waals surface area contributed by atoms with Crippen LogP contribution in [0.4, 0.5) is 0 Å². The van der Waals surface area contributed by atoms with Gasteiger partial charge in [-0.05, 0) is 49.6 Å². The maximum absolute atomic E-state index is 5.86. The Bertz CT molecular complexity index is 225. The largest absolute Gasteiger partial charge is 0.378 e. The molecule has 0 aromatic carbocycles. The lowest BCUT2D eigenvalue weighted by atomic mass is 9.84. The number of nitrogens with two attached hydrogens (primary N) is 1. The molecule has 3 N–H and O–H groups in total. The third-order valence-corrected chi connectivity index (χ3v) is 3.82. The maximum atomic E-state index is 5.86. The summed E-state index contributed by atoms with van der Waals surface area (Å²) in [5, 5.41) is 3.61. The van der Waals surface area contributed by atoms with E-state index in [4.69, 9.17) is 10.5 Å². The summed E-state index contributed by atoms with van der Waals surface area (Å²) < 4.78 is 5.71. The van der Waals surface area contributed by atoms with Gasteiger partial charge in [-0.2, -0.15) is 0 Å². The monoisotopic (exact) mass is 256 g/mol. The lowest BCUT2D eigenvalue weighted by Crippen LogP contribution is -2.35. The number of hydrogen-bond donors (Lipinski definition) is 2. The normalized spacial score (nSPS) is 26.5. The summed E-state index contributed by atoms with van der Waals surface area (Å²) in [5.41, 5.74) is 6.23. The molecule has 3 unspecified atom stereocenters. The number of nitrogens with one attached hydrogen (secondary N) is 1. The van der Waals surface area contributed by atoms with Crippen molar-refractivity contribution in [3.8, 4) is 0 Å². The predicted molar refractivity (Wildman–Crippen MR) is 77.6 cm³/mol. The molecule has 1 aliphatic rings. The molecule has 0 spiro atoms. The molecule has 3 heteroatoms. The third kappa shape index (κ3) is 5.68. The molecule has 0 radical (unpaired) electrons. The molecular formula is C15H32N2O. The first-order valence-corrected chi connectivity index (χ1v) is 7.48. The highest BCUT2D eigenvalue weighted by molar-refractivity contribution is 4.78. The van der Waals surface area contributed by atoms with E-state index in [9.17, 15) is 0 Å². The first kappa shape index (κ1) is 15.9. The summed E-state index contributed by atoms with van der Waals surface area (Å²) >= 11 is 0. The van der Waals surface area contributed by atoms with Crippen LogP contribution in [0.3, 0.4) is 0 Å². The summed E-state index contributed by atoms with van der Waals surface area (Å²) in [6.45, 7) is 12.9. The van der Waals surface area contributed by atoms with Crippen LogP contribution in [0.25, 0.3) is 0 Å². The summed E-state index contributed by atoms with van der Waals surface area (Å²) in [4.78, 5) is 0. The zero-order chi connectivity index (χ0) is 13.6. The van der Waals surface area contributed by atoms with Crippen LogP contribution in [0, 0.1) is 17.3 Å². The molecule has 0 aromatic rings. The van der Waals surface area contributed by atoms with E-state index in [1.165, 1.54) is 12.8 Å². The first-order valence-electron chi connectivity index (χ1n) is 7.48. The van der Waals surface area contributed by atoms with Crippen molar-refractivity contribution in [3.63, 3.8) is 0 Å². The highest BCUT2D eigenvalue weighted by Gasteiger charge is 2.26. The van der Waals surface area contributed by atoms with Gasteiger partial charge in [0, 0.05) is 13.2 Å². The SMILES string of the molecule is CCC1OCCC1CNCC(CN)CC(C)(C)C. The fourth-order valence-corrected chi connectivity index (χ4v) is 2.96. The quantitative estimate of drug-likeness (QED) is 0.735. The number of rotatable bonds is 7. The fraction of sp³-hybridized carbons (Fsp3) is 1.00. The molecule has 0 bridgehead atoms. The van der Waals surface area contributed by atoms with Crippen LogP contribution in [-0.2, 0) is 4.74 Å². The predicted octanol–water partition coefficient (Wildman–Crippen LogP) is 2.40. The van der Waals surface area contributed by atoms with Crippen LogP contribution in [0.15, 0.2) is 0 Å². The second kappa shape index (κ2) is 7.46. The Morgan fingerprint density at radius 1 is 1.39 bits per heavy atom. The Kier molecular flexibility index (Phi) is 6.61. The Morgan fingerprint density at radius 3 is 2.67 bits per heavy atom. The molecule has 0 aromatic heterocycles. The maximum Gasteiger partial charge on any atom is 0.0613 e. The van der Waals surface area contributed by atoms with Gasteiger partial charge in [-0.15, -0.1) is 0 Å². The van der Waals surface area contributed by atoms with Crippen molar-refractivity contribution < 1.29 is 4.74 Å². The van der Waals surface area contributed by atoms with E-state index in [0.717, 1.165) is 32.7 Å². The van der Waals surface area contributed by atoms with Crippen LogP contribution in [0.2, 0.25) is 0 Å². The first-order chi connectivity index (χ1) is 8.46. The minimum absolute atomic E-state index is 0.369. The molecule has 1 rings (SSSR count). The molecule has 3 atom stereocenters. The molecular weight excluding hydrogens is 224 g/mol. The van der Waals surface area contributed by atoms with Crippen molar-refractivity contribution in [2.75, 3.05) is 26.2 Å². The van der Waals surface area contributed by atoms with Gasteiger partial charge in [-0.3, -0.25) is 0 Å². The fourth-order valence-electron chi connectivity index (χ4n) is 2.96. The second-order valence-corrected chi connectivity index (χ2v) is 6.89. The highest BCUT2D eigenvalue weighted by Crippen LogP contribution is 2.24. The van der Waals surface area contributed by atoms with Crippen molar-refractivity contribution in [2.45, 2.75) is 53.1 Å². The average molecular weight is 256 g/mol. The average Bonchev–Trinajstić information content (AvgIpc) is 2.73. The summed E-state index contributed by atoms with van der Waals surface area (Å²) in [6, 6.07) is 0. The molecule has 3 nitrogen and oxygen atoms in total. The summed E-state index contributed by atoms with van der Waals surface area (Å²) in [5.74, 6) is 1.29. The van der Waals surface area contributed by atoms with Crippen molar-refractivity contribution >= 4 is 0 Å². The minimum atomic E-state index is 0.369. The van der Waals surface area contributed by atoms with Crippen LogP contribution >= 0.6 is 0 Å². The van der Waals surface area contributed by atoms with E-state index in [2.05, 4.69) is 33.0 Å². The van der Waals surface area contributed by atoms with Gasteiger partial charge in [0.1, 0.15) is 0 Å². The van der Waals surface area contributed by atoms with E-state index in [1.54, 1.807) is 0 Å². The zero-order valence-corrected chi connectivity index (χ0v) is 12.7. The second-order valence-electron chi connectivity index (χ2n) is 6.89. The van der Waals surface area contributed by atoms with Crippen LogP contribution < -0.4 is 11.1 Å². The number of ether oxygens (including phenoxy) is 1. The topological polar surface area (TPSA) is 47.3 Å². The van der Waals surface area contributed by atoms with Crippen molar-refractivity contribution in [1.82, 2.24) is 5.32 Å². The molecule has 108 valence electrons. The molecule has 1 heterocycles. The number of hydrogen-bond acceptors (Lipinski definition) is 3. The van der Waals surface area contributed by atoms with E-state index in [-0.39, 0.29) is 0 Å². The molecule has 0 saturated carbocycles. The van der Waals surface area contributed by atoms with Gasteiger partial charge in [0.15, 0.2) is 0 Å².